The molecule has 0 saturated carbocycles. The molecule has 0 aromatic heterocycles. The van der Waals surface area contributed by atoms with Crippen LogP contribution < -0.4 is 10.6 Å². The molecule has 1 rings (SSSR count). The predicted molar refractivity (Wildman–Crippen MR) is 64.2 cm³/mol. The molecule has 0 heterocycles. The molecular weight excluding hydrogens is 212 g/mol. The van der Waals surface area contributed by atoms with Gasteiger partial charge in [-0.1, -0.05) is 18.5 Å². The monoisotopic (exact) mass is 226 g/mol. The summed E-state index contributed by atoms with van der Waals surface area (Å²) in [5, 5.41) is 0.579. The van der Waals surface area contributed by atoms with E-state index >= 15 is 0 Å². The van der Waals surface area contributed by atoms with Crippen LogP contribution in [-0.2, 0) is 4.79 Å². The second-order valence-corrected chi connectivity index (χ2v) is 3.84. The number of halogens is 1. The summed E-state index contributed by atoms with van der Waals surface area (Å²) < 4.78 is 0. The van der Waals surface area contributed by atoms with Crippen molar-refractivity contribution in [2.75, 3.05) is 17.7 Å². The highest BCUT2D eigenvalue weighted by molar-refractivity contribution is 6.31. The van der Waals surface area contributed by atoms with Gasteiger partial charge in [0.15, 0.2) is 0 Å². The molecular formula is C11H15ClN2O. The Morgan fingerprint density at radius 1 is 1.53 bits per heavy atom. The third-order valence-corrected chi connectivity index (χ3v) is 2.43. The van der Waals surface area contributed by atoms with Crippen LogP contribution in [0.1, 0.15) is 19.8 Å². The summed E-state index contributed by atoms with van der Waals surface area (Å²) >= 11 is 5.85. The summed E-state index contributed by atoms with van der Waals surface area (Å²) in [6, 6.07) is 5.11. The van der Waals surface area contributed by atoms with Gasteiger partial charge in [0.2, 0.25) is 5.91 Å². The van der Waals surface area contributed by atoms with Gasteiger partial charge in [-0.15, -0.1) is 0 Å². The van der Waals surface area contributed by atoms with Crippen molar-refractivity contribution in [1.82, 2.24) is 0 Å². The van der Waals surface area contributed by atoms with Gasteiger partial charge in [-0.05, 0) is 24.6 Å². The fourth-order valence-electron chi connectivity index (χ4n) is 1.32. The smallest absolute Gasteiger partial charge is 0.226 e. The van der Waals surface area contributed by atoms with Crippen molar-refractivity contribution in [2.45, 2.75) is 19.8 Å². The molecule has 0 aliphatic rings. The van der Waals surface area contributed by atoms with Gasteiger partial charge in [0.25, 0.3) is 0 Å². The van der Waals surface area contributed by atoms with Crippen molar-refractivity contribution in [3.63, 3.8) is 0 Å². The molecule has 0 aliphatic carbocycles. The van der Waals surface area contributed by atoms with Crippen molar-refractivity contribution in [2.24, 2.45) is 0 Å². The molecule has 1 amide bonds. The van der Waals surface area contributed by atoms with Gasteiger partial charge in [0.1, 0.15) is 0 Å². The lowest BCUT2D eigenvalue weighted by atomic mass is 10.2. The third kappa shape index (κ3) is 2.86. The van der Waals surface area contributed by atoms with E-state index in [1.165, 1.54) is 0 Å². The summed E-state index contributed by atoms with van der Waals surface area (Å²) in [5.74, 6) is 0.0477. The van der Waals surface area contributed by atoms with E-state index < -0.39 is 0 Å². The fourth-order valence-corrected chi connectivity index (χ4v) is 1.49. The van der Waals surface area contributed by atoms with Crippen LogP contribution >= 0.6 is 11.6 Å². The van der Waals surface area contributed by atoms with Gasteiger partial charge in [-0.2, -0.15) is 0 Å². The molecule has 0 fully saturated rings. The summed E-state index contributed by atoms with van der Waals surface area (Å²) in [7, 11) is 1.71. The standard InChI is InChI=1S/C11H15ClN2O/c1-3-4-11(15)14(2)10-7-8(12)5-6-9(10)13/h5-7H,3-4,13H2,1-2H3. The minimum Gasteiger partial charge on any atom is -0.397 e. The number of nitrogens with zero attached hydrogens (tertiary/aromatic N) is 1. The number of carbonyl (C=O) groups excluding carboxylic acids is 1. The zero-order valence-electron chi connectivity index (χ0n) is 8.96. The molecule has 1 aromatic carbocycles. The normalized spacial score (nSPS) is 10.1. The van der Waals surface area contributed by atoms with Crippen molar-refractivity contribution in [1.29, 1.82) is 0 Å². The molecule has 0 spiro atoms. The largest absolute Gasteiger partial charge is 0.397 e. The zero-order chi connectivity index (χ0) is 11.4. The van der Waals surface area contributed by atoms with Gasteiger partial charge < -0.3 is 10.6 Å². The fraction of sp³-hybridized carbons (Fsp3) is 0.364. The first-order chi connectivity index (χ1) is 7.06. The molecule has 0 bridgehead atoms. The number of nitrogens with two attached hydrogens (primary N) is 1. The number of carbonyl (C=O) groups is 1. The van der Waals surface area contributed by atoms with Gasteiger partial charge >= 0.3 is 0 Å². The van der Waals surface area contributed by atoms with E-state index in [1.54, 1.807) is 30.1 Å². The van der Waals surface area contributed by atoms with E-state index in [4.69, 9.17) is 17.3 Å². The first-order valence-corrected chi connectivity index (χ1v) is 5.25. The minimum absolute atomic E-state index is 0.0477. The minimum atomic E-state index is 0.0477. The maximum atomic E-state index is 11.6. The summed E-state index contributed by atoms with van der Waals surface area (Å²) in [6.45, 7) is 1.97. The number of rotatable bonds is 3. The van der Waals surface area contributed by atoms with Gasteiger partial charge in [-0.3, -0.25) is 4.79 Å². The number of nitrogen functional groups attached to an aromatic ring is 1. The SMILES string of the molecule is CCCC(=O)N(C)c1cc(Cl)ccc1N. The average molecular weight is 227 g/mol. The molecule has 3 nitrogen and oxygen atoms in total. The van der Waals surface area contributed by atoms with Crippen LogP contribution in [0.3, 0.4) is 0 Å². The van der Waals surface area contributed by atoms with Crippen molar-refractivity contribution >= 4 is 28.9 Å². The summed E-state index contributed by atoms with van der Waals surface area (Å²) in [6.07, 6.45) is 1.34. The highest BCUT2D eigenvalue weighted by Gasteiger charge is 2.12. The first kappa shape index (κ1) is 11.9. The maximum Gasteiger partial charge on any atom is 0.226 e. The maximum absolute atomic E-state index is 11.6. The molecule has 82 valence electrons. The topological polar surface area (TPSA) is 46.3 Å². The van der Waals surface area contributed by atoms with E-state index in [0.29, 0.717) is 22.8 Å². The lowest BCUT2D eigenvalue weighted by molar-refractivity contribution is -0.118. The molecule has 2 N–H and O–H groups in total. The Hall–Kier alpha value is -1.22. The van der Waals surface area contributed by atoms with Crippen LogP contribution in [0.4, 0.5) is 11.4 Å². The Balaban J connectivity index is 2.94. The number of hydrogen-bond donors (Lipinski definition) is 1. The highest BCUT2D eigenvalue weighted by Crippen LogP contribution is 2.26. The second kappa shape index (κ2) is 5.03. The molecule has 4 heteroatoms. The summed E-state index contributed by atoms with van der Waals surface area (Å²) in [4.78, 5) is 13.2. The number of amides is 1. The number of hydrogen-bond acceptors (Lipinski definition) is 2. The third-order valence-electron chi connectivity index (χ3n) is 2.19. The van der Waals surface area contributed by atoms with Crippen LogP contribution in [0.2, 0.25) is 5.02 Å². The van der Waals surface area contributed by atoms with Crippen molar-refractivity contribution < 1.29 is 4.79 Å². The molecule has 1 aromatic rings. The van der Waals surface area contributed by atoms with Crippen LogP contribution in [0.25, 0.3) is 0 Å². The second-order valence-electron chi connectivity index (χ2n) is 3.41. The predicted octanol–water partition coefficient (Wildman–Crippen LogP) is 2.69. The highest BCUT2D eigenvalue weighted by atomic mass is 35.5. The van der Waals surface area contributed by atoms with E-state index in [9.17, 15) is 4.79 Å². The Morgan fingerprint density at radius 3 is 2.80 bits per heavy atom. The molecule has 0 radical (unpaired) electrons. The van der Waals surface area contributed by atoms with Crippen LogP contribution in [0, 0.1) is 0 Å². The Labute approximate surface area is 94.8 Å². The molecule has 0 unspecified atom stereocenters. The van der Waals surface area contributed by atoms with E-state index in [-0.39, 0.29) is 5.91 Å². The van der Waals surface area contributed by atoms with E-state index in [2.05, 4.69) is 0 Å². The molecule has 0 atom stereocenters. The lowest BCUT2D eigenvalue weighted by Crippen LogP contribution is -2.26. The quantitative estimate of drug-likeness (QED) is 0.806. The molecule has 0 saturated heterocycles. The van der Waals surface area contributed by atoms with E-state index in [1.807, 2.05) is 6.92 Å². The van der Waals surface area contributed by atoms with Crippen molar-refractivity contribution in [3.8, 4) is 0 Å². The Bertz CT molecular complexity index is 366. The summed E-state index contributed by atoms with van der Waals surface area (Å²) in [5.41, 5.74) is 7.00. The van der Waals surface area contributed by atoms with Crippen LogP contribution in [0.15, 0.2) is 18.2 Å². The first-order valence-electron chi connectivity index (χ1n) is 4.87. The van der Waals surface area contributed by atoms with Gasteiger partial charge in [0, 0.05) is 18.5 Å². The average Bonchev–Trinajstić information content (AvgIpc) is 2.21. The van der Waals surface area contributed by atoms with Crippen molar-refractivity contribution in [3.05, 3.63) is 23.2 Å². The Kier molecular flexibility index (Phi) is 3.97. The van der Waals surface area contributed by atoms with Gasteiger partial charge in [0.05, 0.1) is 11.4 Å². The van der Waals surface area contributed by atoms with E-state index in [0.717, 1.165) is 6.42 Å². The van der Waals surface area contributed by atoms with Gasteiger partial charge in [-0.25, -0.2) is 0 Å². The Morgan fingerprint density at radius 2 is 2.20 bits per heavy atom. The zero-order valence-corrected chi connectivity index (χ0v) is 9.71. The number of anilines is 2. The van der Waals surface area contributed by atoms with Crippen LogP contribution in [0.5, 0.6) is 0 Å². The lowest BCUT2D eigenvalue weighted by Gasteiger charge is -2.19. The van der Waals surface area contributed by atoms with Crippen LogP contribution in [-0.4, -0.2) is 13.0 Å². The number of benzene rings is 1. The molecule has 0 aliphatic heterocycles. The molecule has 15 heavy (non-hydrogen) atoms.